The quantitative estimate of drug-likeness (QED) is 0.401. The first-order valence-electron chi connectivity index (χ1n) is 6.77. The number of halogens is 2. The van der Waals surface area contributed by atoms with Crippen molar-refractivity contribution in [2.24, 2.45) is 0 Å². The van der Waals surface area contributed by atoms with Gasteiger partial charge in [0.25, 0.3) is 0 Å². The number of hydrogen-bond donors (Lipinski definition) is 0. The molecule has 1 heterocycles. The van der Waals surface area contributed by atoms with Crippen LogP contribution < -0.4 is 0 Å². The van der Waals surface area contributed by atoms with Crippen molar-refractivity contribution in [1.29, 1.82) is 0 Å². The Hall–Kier alpha value is -0.760. The first kappa shape index (κ1) is 17.1. The lowest BCUT2D eigenvalue weighted by Gasteiger charge is -1.98. The van der Waals surface area contributed by atoms with Gasteiger partial charge in [0.15, 0.2) is 5.82 Å². The molecule has 0 aliphatic rings. The van der Waals surface area contributed by atoms with Crippen molar-refractivity contribution in [3.63, 3.8) is 0 Å². The van der Waals surface area contributed by atoms with Crippen LogP contribution in [0.2, 0.25) is 0 Å². The summed E-state index contributed by atoms with van der Waals surface area (Å²) < 4.78 is 7.46. The summed E-state index contributed by atoms with van der Waals surface area (Å²) in [5, 5.41) is 4.04. The molecule has 0 bridgehead atoms. The highest BCUT2D eigenvalue weighted by molar-refractivity contribution is 9.10. The van der Waals surface area contributed by atoms with E-state index in [0.29, 0.717) is 17.4 Å². The molecule has 0 saturated carbocycles. The smallest absolute Gasteiger partial charge is 0.237 e. The second-order valence-electron chi connectivity index (χ2n) is 4.59. The fourth-order valence-electron chi connectivity index (χ4n) is 1.76. The second-order valence-corrected chi connectivity index (χ2v) is 8.52. The van der Waals surface area contributed by atoms with E-state index in [-0.39, 0.29) is 0 Å². The third-order valence-corrected chi connectivity index (χ3v) is 5.93. The molecule has 3 aromatic rings. The van der Waals surface area contributed by atoms with Gasteiger partial charge < -0.3 is 4.52 Å². The fourth-order valence-corrected chi connectivity index (χ4v) is 3.77. The molecule has 0 atom stereocenters. The highest BCUT2D eigenvalue weighted by Crippen LogP contribution is 2.26. The van der Waals surface area contributed by atoms with E-state index < -0.39 is 0 Å². The minimum atomic E-state index is 0.657. The van der Waals surface area contributed by atoms with Gasteiger partial charge in [0.2, 0.25) is 5.89 Å². The first-order chi connectivity index (χ1) is 11.2. The number of nitrogens with zero attached hydrogens (tertiary/aromatic N) is 2. The predicted molar refractivity (Wildman–Crippen MR) is 102 cm³/mol. The summed E-state index contributed by atoms with van der Waals surface area (Å²) in [6.45, 7) is 0. The van der Waals surface area contributed by atoms with E-state index in [4.69, 9.17) is 4.52 Å². The molecule has 0 fully saturated rings. The van der Waals surface area contributed by atoms with Gasteiger partial charge >= 0.3 is 0 Å². The monoisotopic (exact) mass is 470 g/mol. The van der Waals surface area contributed by atoms with E-state index >= 15 is 0 Å². The summed E-state index contributed by atoms with van der Waals surface area (Å²) in [4.78, 5) is 6.80. The van der Waals surface area contributed by atoms with E-state index in [1.54, 1.807) is 23.5 Å². The molecule has 0 spiro atoms. The summed E-state index contributed by atoms with van der Waals surface area (Å²) in [5.74, 6) is 2.76. The van der Waals surface area contributed by atoms with E-state index in [1.165, 1.54) is 9.79 Å². The molecule has 23 heavy (non-hydrogen) atoms. The molecule has 0 radical (unpaired) electrons. The lowest BCUT2D eigenvalue weighted by molar-refractivity contribution is 0.386. The van der Waals surface area contributed by atoms with Crippen molar-refractivity contribution in [3.05, 3.63) is 69.2 Å². The summed E-state index contributed by atoms with van der Waals surface area (Å²) in [6, 6.07) is 16.4. The fraction of sp³-hybridized carbons (Fsp3) is 0.125. The minimum Gasteiger partial charge on any atom is -0.338 e. The van der Waals surface area contributed by atoms with Gasteiger partial charge in [-0.2, -0.15) is 4.98 Å². The van der Waals surface area contributed by atoms with Gasteiger partial charge in [-0.25, -0.2) is 0 Å². The summed E-state index contributed by atoms with van der Waals surface area (Å²) >= 11 is 10.2. The third kappa shape index (κ3) is 5.38. The molecule has 7 heteroatoms. The normalized spacial score (nSPS) is 10.9. The highest BCUT2D eigenvalue weighted by atomic mass is 79.9. The minimum absolute atomic E-state index is 0.657. The largest absolute Gasteiger partial charge is 0.338 e. The summed E-state index contributed by atoms with van der Waals surface area (Å²) in [6.07, 6.45) is 0. The van der Waals surface area contributed by atoms with Crippen LogP contribution in [0, 0.1) is 0 Å². The van der Waals surface area contributed by atoms with Crippen molar-refractivity contribution < 1.29 is 4.52 Å². The van der Waals surface area contributed by atoms with Gasteiger partial charge in [0.1, 0.15) is 0 Å². The Labute approximate surface area is 159 Å². The summed E-state index contributed by atoms with van der Waals surface area (Å²) in [5.41, 5.74) is 0. The van der Waals surface area contributed by atoms with Crippen LogP contribution in [0.25, 0.3) is 0 Å². The zero-order chi connectivity index (χ0) is 16.1. The second kappa shape index (κ2) is 8.37. The molecule has 2 aromatic carbocycles. The Morgan fingerprint density at radius 3 is 1.87 bits per heavy atom. The number of hydrogen-bond acceptors (Lipinski definition) is 5. The molecule has 118 valence electrons. The molecular weight excluding hydrogens is 460 g/mol. The van der Waals surface area contributed by atoms with Crippen LogP contribution >= 0.6 is 55.4 Å². The molecule has 0 N–H and O–H groups in total. The zero-order valence-corrected chi connectivity index (χ0v) is 16.7. The van der Waals surface area contributed by atoms with Crippen molar-refractivity contribution in [3.8, 4) is 0 Å². The van der Waals surface area contributed by atoms with Crippen LogP contribution in [0.3, 0.4) is 0 Å². The van der Waals surface area contributed by atoms with Crippen molar-refractivity contribution in [1.82, 2.24) is 10.1 Å². The Bertz CT molecular complexity index is 697. The first-order valence-corrected chi connectivity index (χ1v) is 10.3. The molecule has 0 aliphatic carbocycles. The van der Waals surface area contributed by atoms with E-state index in [1.807, 2.05) is 24.3 Å². The van der Waals surface area contributed by atoms with Crippen LogP contribution in [0.1, 0.15) is 11.7 Å². The van der Waals surface area contributed by atoms with Gasteiger partial charge in [-0.3, -0.25) is 0 Å². The highest BCUT2D eigenvalue weighted by Gasteiger charge is 2.07. The molecule has 0 aliphatic heterocycles. The van der Waals surface area contributed by atoms with Crippen molar-refractivity contribution >= 4 is 55.4 Å². The lowest BCUT2D eigenvalue weighted by Crippen LogP contribution is -1.85. The SMILES string of the molecule is Brc1ccc(SCc2noc(CSc3ccc(Br)cc3)n2)cc1. The number of aromatic nitrogens is 2. The molecule has 0 amide bonds. The van der Waals surface area contributed by atoms with Gasteiger partial charge in [-0.1, -0.05) is 37.0 Å². The van der Waals surface area contributed by atoms with Crippen LogP contribution in [0.5, 0.6) is 0 Å². The summed E-state index contributed by atoms with van der Waals surface area (Å²) in [7, 11) is 0. The van der Waals surface area contributed by atoms with Crippen LogP contribution in [-0.4, -0.2) is 10.1 Å². The van der Waals surface area contributed by atoms with E-state index in [9.17, 15) is 0 Å². The van der Waals surface area contributed by atoms with Crippen molar-refractivity contribution in [2.45, 2.75) is 21.3 Å². The maximum absolute atomic E-state index is 5.31. The standard InChI is InChI=1S/C16H12Br2N2OS2/c17-11-1-5-13(6-2-11)22-9-15-19-16(21-20-15)10-23-14-7-3-12(18)4-8-14/h1-8H,9-10H2. The van der Waals surface area contributed by atoms with Gasteiger partial charge in [0, 0.05) is 18.7 Å². The number of thioether (sulfide) groups is 2. The topological polar surface area (TPSA) is 38.9 Å². The van der Waals surface area contributed by atoms with Crippen LogP contribution in [-0.2, 0) is 11.5 Å². The molecule has 0 unspecified atom stereocenters. The number of benzene rings is 2. The van der Waals surface area contributed by atoms with Gasteiger partial charge in [-0.15, -0.1) is 23.5 Å². The van der Waals surface area contributed by atoms with E-state index in [0.717, 1.165) is 14.8 Å². The predicted octanol–water partition coefficient (Wildman–Crippen LogP) is 6.18. The molecular formula is C16H12Br2N2OS2. The lowest BCUT2D eigenvalue weighted by atomic mass is 10.4. The zero-order valence-electron chi connectivity index (χ0n) is 11.9. The molecule has 3 nitrogen and oxygen atoms in total. The third-order valence-electron chi connectivity index (χ3n) is 2.87. The van der Waals surface area contributed by atoms with Gasteiger partial charge in [-0.05, 0) is 48.5 Å². The van der Waals surface area contributed by atoms with Gasteiger partial charge in [0.05, 0.1) is 11.5 Å². The Morgan fingerprint density at radius 2 is 1.30 bits per heavy atom. The maximum Gasteiger partial charge on any atom is 0.237 e. The average Bonchev–Trinajstić information content (AvgIpc) is 3.02. The Balaban J connectivity index is 1.51. The molecule has 3 rings (SSSR count). The molecule has 1 aromatic heterocycles. The Kier molecular flexibility index (Phi) is 6.21. The van der Waals surface area contributed by atoms with Crippen molar-refractivity contribution in [2.75, 3.05) is 0 Å². The van der Waals surface area contributed by atoms with Crippen LogP contribution in [0.4, 0.5) is 0 Å². The molecule has 0 saturated heterocycles. The Morgan fingerprint density at radius 1 is 0.783 bits per heavy atom. The maximum atomic E-state index is 5.31. The number of rotatable bonds is 6. The average molecular weight is 472 g/mol. The van der Waals surface area contributed by atoms with Crippen LogP contribution in [0.15, 0.2) is 71.8 Å². The van der Waals surface area contributed by atoms with E-state index in [2.05, 4.69) is 66.3 Å².